The number of aryl methyl sites for hydroxylation is 1. The van der Waals surface area contributed by atoms with E-state index >= 15 is 0 Å². The van der Waals surface area contributed by atoms with E-state index in [1.807, 2.05) is 20.8 Å². The highest BCUT2D eigenvalue weighted by atomic mass is 16.6. The number of nitro groups is 1. The van der Waals surface area contributed by atoms with Crippen molar-refractivity contribution in [2.24, 2.45) is 0 Å². The van der Waals surface area contributed by atoms with Crippen molar-refractivity contribution in [2.75, 3.05) is 5.32 Å². The van der Waals surface area contributed by atoms with Crippen LogP contribution in [0.3, 0.4) is 0 Å². The molecule has 0 fully saturated rings. The number of urea groups is 1. The molecule has 2 N–H and O–H groups in total. The van der Waals surface area contributed by atoms with Gasteiger partial charge in [-0.1, -0.05) is 6.07 Å². The van der Waals surface area contributed by atoms with Crippen molar-refractivity contribution in [3.63, 3.8) is 0 Å². The predicted molar refractivity (Wildman–Crippen MR) is 69.7 cm³/mol. The molecular weight excluding hydrogens is 234 g/mol. The van der Waals surface area contributed by atoms with Gasteiger partial charge in [0.2, 0.25) is 0 Å². The van der Waals surface area contributed by atoms with Crippen LogP contribution in [0, 0.1) is 17.0 Å². The molecule has 6 heteroatoms. The Morgan fingerprint density at radius 1 is 1.33 bits per heavy atom. The zero-order chi connectivity index (χ0) is 13.9. The molecule has 0 saturated carbocycles. The van der Waals surface area contributed by atoms with E-state index in [0.29, 0.717) is 0 Å². The van der Waals surface area contributed by atoms with Crippen LogP contribution in [0.1, 0.15) is 26.3 Å². The van der Waals surface area contributed by atoms with Gasteiger partial charge in [0.15, 0.2) is 0 Å². The zero-order valence-electron chi connectivity index (χ0n) is 10.9. The Bertz CT molecular complexity index is 478. The van der Waals surface area contributed by atoms with Crippen molar-refractivity contribution in [3.05, 3.63) is 33.9 Å². The summed E-state index contributed by atoms with van der Waals surface area (Å²) >= 11 is 0. The van der Waals surface area contributed by atoms with Gasteiger partial charge in [-0.25, -0.2) is 4.79 Å². The Labute approximate surface area is 106 Å². The zero-order valence-corrected chi connectivity index (χ0v) is 10.9. The summed E-state index contributed by atoms with van der Waals surface area (Å²) in [6, 6.07) is 4.19. The summed E-state index contributed by atoms with van der Waals surface area (Å²) < 4.78 is 0. The van der Waals surface area contributed by atoms with Gasteiger partial charge in [0.05, 0.1) is 4.92 Å². The summed E-state index contributed by atoms with van der Waals surface area (Å²) in [5.74, 6) is 0. The number of benzene rings is 1. The standard InChI is InChI=1S/C12H17N3O3/c1-8-5-6-9(10(7-8)15(17)18)13-11(16)14-12(2,3)4/h5-7H,1-4H3,(H2,13,14,16). The molecule has 0 aliphatic heterocycles. The van der Waals surface area contributed by atoms with Gasteiger partial charge in [-0.05, 0) is 39.3 Å². The van der Waals surface area contributed by atoms with Crippen LogP contribution < -0.4 is 10.6 Å². The molecule has 0 aliphatic rings. The van der Waals surface area contributed by atoms with Crippen molar-refractivity contribution >= 4 is 17.4 Å². The fourth-order valence-electron chi connectivity index (χ4n) is 1.39. The van der Waals surface area contributed by atoms with Crippen LogP contribution in [0.15, 0.2) is 18.2 Å². The van der Waals surface area contributed by atoms with Gasteiger partial charge in [-0.2, -0.15) is 0 Å². The van der Waals surface area contributed by atoms with E-state index in [4.69, 9.17) is 0 Å². The molecule has 0 heterocycles. The van der Waals surface area contributed by atoms with Crippen LogP contribution in [0.4, 0.5) is 16.2 Å². The van der Waals surface area contributed by atoms with E-state index in [9.17, 15) is 14.9 Å². The molecule has 0 spiro atoms. The second-order valence-corrected chi connectivity index (χ2v) is 5.11. The van der Waals surface area contributed by atoms with Gasteiger partial charge >= 0.3 is 6.03 Å². The minimum absolute atomic E-state index is 0.112. The monoisotopic (exact) mass is 251 g/mol. The summed E-state index contributed by atoms with van der Waals surface area (Å²) in [4.78, 5) is 22.0. The highest BCUT2D eigenvalue weighted by Gasteiger charge is 2.18. The second kappa shape index (κ2) is 5.03. The summed E-state index contributed by atoms with van der Waals surface area (Å²) in [7, 11) is 0. The van der Waals surface area contributed by atoms with Crippen LogP contribution in [-0.4, -0.2) is 16.5 Å². The SMILES string of the molecule is Cc1ccc(NC(=O)NC(C)(C)C)c([N+](=O)[O-])c1. The van der Waals surface area contributed by atoms with Crippen LogP contribution in [0.5, 0.6) is 0 Å². The quantitative estimate of drug-likeness (QED) is 0.626. The summed E-state index contributed by atoms with van der Waals surface area (Å²) in [5.41, 5.74) is 0.443. The number of rotatable bonds is 2. The Balaban J connectivity index is 2.91. The van der Waals surface area contributed by atoms with Crippen molar-refractivity contribution < 1.29 is 9.72 Å². The average molecular weight is 251 g/mol. The normalized spacial score (nSPS) is 10.9. The smallest absolute Gasteiger partial charge is 0.319 e. The summed E-state index contributed by atoms with van der Waals surface area (Å²) in [6.45, 7) is 7.24. The lowest BCUT2D eigenvalue weighted by Crippen LogP contribution is -2.43. The number of nitrogens with zero attached hydrogens (tertiary/aromatic N) is 1. The molecule has 0 aromatic heterocycles. The first-order valence-corrected chi connectivity index (χ1v) is 5.53. The number of anilines is 1. The molecule has 0 unspecified atom stereocenters. The number of carbonyl (C=O) groups excluding carboxylic acids is 1. The predicted octanol–water partition coefficient (Wildman–Crippen LogP) is 2.82. The maximum atomic E-state index is 11.6. The van der Waals surface area contributed by atoms with E-state index in [2.05, 4.69) is 10.6 Å². The lowest BCUT2D eigenvalue weighted by atomic mass is 10.1. The number of carbonyl (C=O) groups is 1. The summed E-state index contributed by atoms with van der Waals surface area (Å²) in [6.07, 6.45) is 0. The number of hydrogen-bond acceptors (Lipinski definition) is 3. The van der Waals surface area contributed by atoms with Crippen molar-refractivity contribution in [2.45, 2.75) is 33.2 Å². The molecule has 0 atom stereocenters. The van der Waals surface area contributed by atoms with E-state index in [-0.39, 0.29) is 11.4 Å². The first-order valence-electron chi connectivity index (χ1n) is 5.53. The van der Waals surface area contributed by atoms with Gasteiger partial charge in [0, 0.05) is 11.6 Å². The highest BCUT2D eigenvalue weighted by molar-refractivity contribution is 5.92. The van der Waals surface area contributed by atoms with Crippen LogP contribution in [0.2, 0.25) is 0 Å². The van der Waals surface area contributed by atoms with E-state index in [1.54, 1.807) is 13.0 Å². The molecule has 0 bridgehead atoms. The fourth-order valence-corrected chi connectivity index (χ4v) is 1.39. The van der Waals surface area contributed by atoms with Crippen LogP contribution in [-0.2, 0) is 0 Å². The third kappa shape index (κ3) is 4.04. The van der Waals surface area contributed by atoms with E-state index < -0.39 is 16.5 Å². The third-order valence-electron chi connectivity index (χ3n) is 2.09. The van der Waals surface area contributed by atoms with Gasteiger partial charge in [-0.3, -0.25) is 10.1 Å². The number of nitrogens with one attached hydrogen (secondary N) is 2. The number of hydrogen-bond donors (Lipinski definition) is 2. The molecule has 1 aromatic carbocycles. The maximum absolute atomic E-state index is 11.6. The van der Waals surface area contributed by atoms with E-state index in [1.165, 1.54) is 12.1 Å². The number of nitro benzene ring substituents is 1. The van der Waals surface area contributed by atoms with Crippen molar-refractivity contribution in [3.8, 4) is 0 Å². The minimum Gasteiger partial charge on any atom is -0.333 e. The van der Waals surface area contributed by atoms with Crippen LogP contribution in [0.25, 0.3) is 0 Å². The molecule has 1 rings (SSSR count). The molecule has 0 aliphatic carbocycles. The topological polar surface area (TPSA) is 84.3 Å². The average Bonchev–Trinajstić information content (AvgIpc) is 2.17. The van der Waals surface area contributed by atoms with E-state index in [0.717, 1.165) is 5.56 Å². The van der Waals surface area contributed by atoms with Crippen LogP contribution >= 0.6 is 0 Å². The first kappa shape index (κ1) is 14.0. The Morgan fingerprint density at radius 3 is 2.44 bits per heavy atom. The molecular formula is C12H17N3O3. The lowest BCUT2D eigenvalue weighted by Gasteiger charge is -2.20. The molecule has 0 radical (unpaired) electrons. The minimum atomic E-state index is -0.514. The first-order chi connectivity index (χ1) is 8.19. The molecule has 1 aromatic rings. The van der Waals surface area contributed by atoms with Crippen molar-refractivity contribution in [1.82, 2.24) is 5.32 Å². The van der Waals surface area contributed by atoms with Gasteiger partial charge in [0.25, 0.3) is 5.69 Å². The lowest BCUT2D eigenvalue weighted by molar-refractivity contribution is -0.384. The maximum Gasteiger partial charge on any atom is 0.319 e. The molecule has 18 heavy (non-hydrogen) atoms. The van der Waals surface area contributed by atoms with Gasteiger partial charge < -0.3 is 10.6 Å². The highest BCUT2D eigenvalue weighted by Crippen LogP contribution is 2.25. The Hall–Kier alpha value is -2.11. The number of amides is 2. The molecule has 2 amide bonds. The largest absolute Gasteiger partial charge is 0.333 e. The fraction of sp³-hybridized carbons (Fsp3) is 0.417. The Morgan fingerprint density at radius 2 is 1.94 bits per heavy atom. The molecule has 0 saturated heterocycles. The van der Waals surface area contributed by atoms with Gasteiger partial charge in [0.1, 0.15) is 5.69 Å². The Kier molecular flexibility index (Phi) is 3.90. The third-order valence-corrected chi connectivity index (χ3v) is 2.09. The molecule has 98 valence electrons. The van der Waals surface area contributed by atoms with Crippen molar-refractivity contribution in [1.29, 1.82) is 0 Å². The molecule has 6 nitrogen and oxygen atoms in total. The van der Waals surface area contributed by atoms with Gasteiger partial charge in [-0.15, -0.1) is 0 Å². The second-order valence-electron chi connectivity index (χ2n) is 5.11. The summed E-state index contributed by atoms with van der Waals surface area (Å²) in [5, 5.41) is 16.0.